The summed E-state index contributed by atoms with van der Waals surface area (Å²) in [6, 6.07) is 11.6. The van der Waals surface area contributed by atoms with E-state index < -0.39 is 0 Å². The molecule has 0 saturated carbocycles. The topological polar surface area (TPSA) is 120 Å². The van der Waals surface area contributed by atoms with Gasteiger partial charge in [0.1, 0.15) is 23.3 Å². The average Bonchev–Trinajstić information content (AvgIpc) is 3.22. The van der Waals surface area contributed by atoms with E-state index in [4.69, 9.17) is 15.6 Å². The fraction of sp³-hybridized carbons (Fsp3) is 0.261. The molecule has 0 amide bonds. The molecule has 3 N–H and O–H groups in total. The van der Waals surface area contributed by atoms with Gasteiger partial charge in [-0.05, 0) is 49.2 Å². The van der Waals surface area contributed by atoms with Crippen LogP contribution >= 0.6 is 0 Å². The number of hydrogen-bond acceptors (Lipinski definition) is 7. The van der Waals surface area contributed by atoms with E-state index in [-0.39, 0.29) is 17.7 Å². The van der Waals surface area contributed by atoms with Gasteiger partial charge in [-0.15, -0.1) is 0 Å². The minimum Gasteiger partial charge on any atom is -0.372 e. The normalized spacial score (nSPS) is 18.8. The SMILES string of the molecule is C[C@@H]1CN(c2cc(-c3n[nH]c4ccc(-c5ccc(=N)n(C=N)c5)cc34)ncn2)C[C@H](C)O1. The molecule has 9 heteroatoms. The molecule has 0 unspecified atom stereocenters. The van der Waals surface area contributed by atoms with Crippen LogP contribution in [0, 0.1) is 10.8 Å². The zero-order valence-electron chi connectivity index (χ0n) is 17.9. The van der Waals surface area contributed by atoms with E-state index in [1.807, 2.05) is 24.3 Å². The predicted molar refractivity (Wildman–Crippen MR) is 123 cm³/mol. The Morgan fingerprint density at radius 2 is 1.84 bits per heavy atom. The molecule has 1 aromatic carbocycles. The fourth-order valence-corrected chi connectivity index (χ4v) is 4.20. The number of H-pyrrole nitrogens is 1. The monoisotopic (exact) mass is 428 g/mol. The van der Waals surface area contributed by atoms with Gasteiger partial charge in [-0.1, -0.05) is 6.07 Å². The summed E-state index contributed by atoms with van der Waals surface area (Å²) in [4.78, 5) is 11.2. The van der Waals surface area contributed by atoms with Crippen molar-refractivity contribution in [1.29, 1.82) is 10.8 Å². The molecule has 1 aliphatic heterocycles. The number of nitrogens with one attached hydrogen (secondary N) is 3. The number of morpholine rings is 1. The highest BCUT2D eigenvalue weighted by Gasteiger charge is 2.24. The standard InChI is InChI=1S/C23H24N8O/c1-14-9-30(10-15(2)32-14)22-8-20(26-13-27-22)23-18-7-16(3-5-19(18)28-29-23)17-4-6-21(25)31(11-17)12-24/h3-8,11-15,24-25H,9-10H2,1-2H3,(H,28,29)/t14-,15+. The smallest absolute Gasteiger partial charge is 0.132 e. The van der Waals surface area contributed by atoms with Gasteiger partial charge in [-0.2, -0.15) is 5.10 Å². The molecule has 3 aromatic heterocycles. The van der Waals surface area contributed by atoms with Crippen molar-refractivity contribution in [2.75, 3.05) is 18.0 Å². The van der Waals surface area contributed by atoms with Crippen LogP contribution in [0.25, 0.3) is 33.4 Å². The van der Waals surface area contributed by atoms with Crippen molar-refractivity contribution < 1.29 is 4.74 Å². The third-order valence-electron chi connectivity index (χ3n) is 5.65. The van der Waals surface area contributed by atoms with E-state index in [2.05, 4.69) is 45.0 Å². The maximum Gasteiger partial charge on any atom is 0.132 e. The van der Waals surface area contributed by atoms with Gasteiger partial charge < -0.3 is 9.64 Å². The number of aromatic nitrogens is 5. The lowest BCUT2D eigenvalue weighted by Crippen LogP contribution is -2.45. The van der Waals surface area contributed by atoms with E-state index in [1.165, 1.54) is 4.57 Å². The maximum absolute atomic E-state index is 7.88. The van der Waals surface area contributed by atoms with Gasteiger partial charge >= 0.3 is 0 Å². The Balaban J connectivity index is 1.55. The highest BCUT2D eigenvalue weighted by molar-refractivity contribution is 5.95. The first kappa shape index (κ1) is 20.1. The zero-order chi connectivity index (χ0) is 22.2. The molecular formula is C23H24N8O. The molecule has 4 heterocycles. The molecule has 2 atom stereocenters. The number of hydrogen-bond donors (Lipinski definition) is 3. The number of pyridine rings is 1. The van der Waals surface area contributed by atoms with Crippen molar-refractivity contribution in [3.05, 3.63) is 54.4 Å². The molecule has 0 aliphatic carbocycles. The van der Waals surface area contributed by atoms with Crippen molar-refractivity contribution in [2.24, 2.45) is 0 Å². The maximum atomic E-state index is 7.88. The summed E-state index contributed by atoms with van der Waals surface area (Å²) in [5.74, 6) is 0.863. The number of anilines is 1. The quantitative estimate of drug-likeness (QED) is 0.341. The van der Waals surface area contributed by atoms with Crippen LogP contribution in [-0.4, -0.2) is 56.4 Å². The largest absolute Gasteiger partial charge is 0.372 e. The van der Waals surface area contributed by atoms with E-state index in [0.717, 1.165) is 58.7 Å². The molecular weight excluding hydrogens is 404 g/mol. The minimum absolute atomic E-state index is 0.143. The van der Waals surface area contributed by atoms with Crippen molar-refractivity contribution >= 4 is 23.1 Å². The zero-order valence-corrected chi connectivity index (χ0v) is 17.9. The van der Waals surface area contributed by atoms with Crippen LogP contribution in [0.15, 0.2) is 48.9 Å². The summed E-state index contributed by atoms with van der Waals surface area (Å²) in [5.41, 5.74) is 4.57. The van der Waals surface area contributed by atoms with Gasteiger partial charge in [0, 0.05) is 30.7 Å². The number of ether oxygens (including phenoxy) is 1. The molecule has 1 aliphatic rings. The second kappa shape index (κ2) is 8.01. The predicted octanol–water partition coefficient (Wildman–Crippen LogP) is 3.04. The summed E-state index contributed by atoms with van der Waals surface area (Å²) in [5, 5.41) is 24.0. The van der Waals surface area contributed by atoms with Crippen LogP contribution in [-0.2, 0) is 4.74 Å². The van der Waals surface area contributed by atoms with Crippen molar-refractivity contribution in [3.8, 4) is 22.5 Å². The van der Waals surface area contributed by atoms with E-state index >= 15 is 0 Å². The number of nitrogens with zero attached hydrogens (tertiary/aromatic N) is 5. The summed E-state index contributed by atoms with van der Waals surface area (Å²) >= 11 is 0. The molecule has 5 rings (SSSR count). The molecule has 9 nitrogen and oxygen atoms in total. The second-order valence-electron chi connectivity index (χ2n) is 8.10. The van der Waals surface area contributed by atoms with Gasteiger partial charge in [0.05, 0.1) is 29.8 Å². The fourth-order valence-electron chi connectivity index (χ4n) is 4.20. The van der Waals surface area contributed by atoms with Crippen molar-refractivity contribution in [2.45, 2.75) is 26.1 Å². The van der Waals surface area contributed by atoms with E-state index in [9.17, 15) is 0 Å². The number of fused-ring (bicyclic) bond motifs is 1. The number of rotatable bonds is 4. The molecule has 1 saturated heterocycles. The summed E-state index contributed by atoms with van der Waals surface area (Å²) in [6.45, 7) is 5.71. The highest BCUT2D eigenvalue weighted by Crippen LogP contribution is 2.30. The lowest BCUT2D eigenvalue weighted by atomic mass is 10.0. The van der Waals surface area contributed by atoms with E-state index in [0.29, 0.717) is 0 Å². The third-order valence-corrected chi connectivity index (χ3v) is 5.65. The summed E-state index contributed by atoms with van der Waals surface area (Å²) in [6.07, 6.45) is 4.78. The van der Waals surface area contributed by atoms with Crippen LogP contribution < -0.4 is 10.4 Å². The lowest BCUT2D eigenvalue weighted by Gasteiger charge is -2.36. The Morgan fingerprint density at radius 1 is 1.06 bits per heavy atom. The molecule has 0 bridgehead atoms. The Kier molecular flexibility index (Phi) is 5.02. The third kappa shape index (κ3) is 3.67. The first-order valence-electron chi connectivity index (χ1n) is 10.5. The summed E-state index contributed by atoms with van der Waals surface area (Å²) < 4.78 is 7.32. The Labute approximate surface area is 184 Å². The second-order valence-corrected chi connectivity index (χ2v) is 8.10. The van der Waals surface area contributed by atoms with Crippen LogP contribution in [0.1, 0.15) is 13.8 Å². The molecule has 0 spiro atoms. The molecule has 32 heavy (non-hydrogen) atoms. The Bertz CT molecular complexity index is 1350. The van der Waals surface area contributed by atoms with Crippen molar-refractivity contribution in [1.82, 2.24) is 24.7 Å². The molecule has 4 aromatic rings. The van der Waals surface area contributed by atoms with Gasteiger partial charge in [-0.3, -0.25) is 20.5 Å². The average molecular weight is 429 g/mol. The molecule has 162 valence electrons. The van der Waals surface area contributed by atoms with Crippen molar-refractivity contribution in [3.63, 3.8) is 0 Å². The Morgan fingerprint density at radius 3 is 2.62 bits per heavy atom. The number of aromatic amines is 1. The van der Waals surface area contributed by atoms with Crippen LogP contribution in [0.5, 0.6) is 0 Å². The van der Waals surface area contributed by atoms with Gasteiger partial charge in [0.2, 0.25) is 0 Å². The van der Waals surface area contributed by atoms with Gasteiger partial charge in [0.15, 0.2) is 0 Å². The highest BCUT2D eigenvalue weighted by atomic mass is 16.5. The lowest BCUT2D eigenvalue weighted by molar-refractivity contribution is -0.00546. The van der Waals surface area contributed by atoms with Gasteiger partial charge in [0.25, 0.3) is 0 Å². The van der Waals surface area contributed by atoms with E-state index in [1.54, 1.807) is 18.6 Å². The number of benzene rings is 1. The van der Waals surface area contributed by atoms with Crippen LogP contribution in [0.2, 0.25) is 0 Å². The van der Waals surface area contributed by atoms with Crippen LogP contribution in [0.4, 0.5) is 5.82 Å². The van der Waals surface area contributed by atoms with Crippen LogP contribution in [0.3, 0.4) is 0 Å². The minimum atomic E-state index is 0.143. The first-order valence-corrected chi connectivity index (χ1v) is 10.5. The molecule has 0 radical (unpaired) electrons. The summed E-state index contributed by atoms with van der Waals surface area (Å²) in [7, 11) is 0. The Hall–Kier alpha value is -3.85. The van der Waals surface area contributed by atoms with Gasteiger partial charge in [-0.25, -0.2) is 9.97 Å². The first-order chi connectivity index (χ1) is 15.5. The molecule has 1 fully saturated rings.